The Kier molecular flexibility index (Phi) is 5.27. The predicted octanol–water partition coefficient (Wildman–Crippen LogP) is 2.54. The zero-order valence-corrected chi connectivity index (χ0v) is 14.3. The first-order valence-electron chi connectivity index (χ1n) is 7.88. The molecular weight excluding hydrogens is 324 g/mol. The van der Waals surface area contributed by atoms with Crippen LogP contribution in [0.15, 0.2) is 41.1 Å². The van der Waals surface area contributed by atoms with Crippen LogP contribution >= 0.6 is 11.3 Å². The van der Waals surface area contributed by atoms with Crippen molar-refractivity contribution < 1.29 is 14.3 Å². The fraction of sp³-hybridized carbons (Fsp3) is 0.333. The number of hydrogen-bond acceptors (Lipinski definition) is 5. The minimum absolute atomic E-state index is 0.103. The SMILES string of the molecule is COC(=O)c1ccc(C(=O)NC2CCN(Cc3ccsc3)C2)cc1. The van der Waals surface area contributed by atoms with E-state index in [1.807, 2.05) is 0 Å². The fourth-order valence-corrected chi connectivity index (χ4v) is 3.54. The van der Waals surface area contributed by atoms with E-state index in [-0.39, 0.29) is 11.9 Å². The second-order valence-corrected chi connectivity index (χ2v) is 6.67. The Balaban J connectivity index is 1.52. The van der Waals surface area contributed by atoms with Crippen molar-refractivity contribution in [3.63, 3.8) is 0 Å². The predicted molar refractivity (Wildman–Crippen MR) is 93.2 cm³/mol. The number of likely N-dealkylation sites (tertiary alicyclic amines) is 1. The van der Waals surface area contributed by atoms with Crippen molar-refractivity contribution in [2.75, 3.05) is 20.2 Å². The third-order valence-electron chi connectivity index (χ3n) is 4.16. The van der Waals surface area contributed by atoms with E-state index >= 15 is 0 Å². The molecule has 3 rings (SSSR count). The average molecular weight is 344 g/mol. The average Bonchev–Trinajstić information content (AvgIpc) is 3.27. The highest BCUT2D eigenvalue weighted by Gasteiger charge is 2.24. The molecule has 0 radical (unpaired) electrons. The normalized spacial score (nSPS) is 17.6. The molecule has 24 heavy (non-hydrogen) atoms. The Morgan fingerprint density at radius 2 is 2.00 bits per heavy atom. The summed E-state index contributed by atoms with van der Waals surface area (Å²) < 4.78 is 4.65. The Hall–Kier alpha value is -2.18. The number of thiophene rings is 1. The minimum Gasteiger partial charge on any atom is -0.465 e. The van der Waals surface area contributed by atoms with Crippen LogP contribution in [0.1, 0.15) is 32.7 Å². The summed E-state index contributed by atoms with van der Waals surface area (Å²) in [5.74, 6) is -0.504. The van der Waals surface area contributed by atoms with Gasteiger partial charge in [0.05, 0.1) is 12.7 Å². The van der Waals surface area contributed by atoms with E-state index in [2.05, 4.69) is 31.8 Å². The first kappa shape index (κ1) is 16.7. The van der Waals surface area contributed by atoms with Crippen LogP contribution in [0.2, 0.25) is 0 Å². The van der Waals surface area contributed by atoms with Crippen molar-refractivity contribution in [3.05, 3.63) is 57.8 Å². The summed E-state index contributed by atoms with van der Waals surface area (Å²) in [6.07, 6.45) is 0.954. The van der Waals surface area contributed by atoms with E-state index in [1.54, 1.807) is 35.6 Å². The maximum atomic E-state index is 12.3. The molecule has 1 aliphatic rings. The zero-order valence-electron chi connectivity index (χ0n) is 13.5. The van der Waals surface area contributed by atoms with Crippen molar-refractivity contribution >= 4 is 23.2 Å². The van der Waals surface area contributed by atoms with Crippen LogP contribution < -0.4 is 5.32 Å². The van der Waals surface area contributed by atoms with Crippen LogP contribution in [0.25, 0.3) is 0 Å². The Labute approximate surface area is 145 Å². The quantitative estimate of drug-likeness (QED) is 0.847. The number of rotatable bonds is 5. The summed E-state index contributed by atoms with van der Waals surface area (Å²) in [6.45, 7) is 2.79. The number of hydrogen-bond donors (Lipinski definition) is 1. The molecule has 0 aliphatic carbocycles. The van der Waals surface area contributed by atoms with Gasteiger partial charge in [-0.3, -0.25) is 9.69 Å². The van der Waals surface area contributed by atoms with Gasteiger partial charge in [-0.15, -0.1) is 0 Å². The number of methoxy groups -OCH3 is 1. The van der Waals surface area contributed by atoms with Crippen LogP contribution in [0.3, 0.4) is 0 Å². The fourth-order valence-electron chi connectivity index (χ4n) is 2.88. The highest BCUT2D eigenvalue weighted by molar-refractivity contribution is 7.07. The molecule has 0 saturated carbocycles. The summed E-state index contributed by atoms with van der Waals surface area (Å²) >= 11 is 1.71. The van der Waals surface area contributed by atoms with Crippen molar-refractivity contribution in [2.45, 2.75) is 19.0 Å². The summed E-state index contributed by atoms with van der Waals surface area (Å²) in [5.41, 5.74) is 2.32. The third-order valence-corrected chi connectivity index (χ3v) is 4.89. The van der Waals surface area contributed by atoms with E-state index in [1.165, 1.54) is 12.7 Å². The van der Waals surface area contributed by atoms with E-state index in [4.69, 9.17) is 0 Å². The highest BCUT2D eigenvalue weighted by Crippen LogP contribution is 2.16. The van der Waals surface area contributed by atoms with Crippen LogP contribution in [-0.2, 0) is 11.3 Å². The lowest BCUT2D eigenvalue weighted by molar-refractivity contribution is 0.0600. The molecule has 1 N–H and O–H groups in total. The molecule has 1 aliphatic heterocycles. The second-order valence-electron chi connectivity index (χ2n) is 5.89. The highest BCUT2D eigenvalue weighted by atomic mass is 32.1. The summed E-state index contributed by atoms with van der Waals surface area (Å²) in [7, 11) is 1.34. The van der Waals surface area contributed by atoms with Crippen molar-refractivity contribution in [2.24, 2.45) is 0 Å². The maximum Gasteiger partial charge on any atom is 0.337 e. The number of benzene rings is 1. The number of carbonyl (C=O) groups is 2. The number of esters is 1. The number of amides is 1. The Morgan fingerprint density at radius 1 is 1.25 bits per heavy atom. The third kappa shape index (κ3) is 4.01. The standard InChI is InChI=1S/C18H20N2O3S/c1-23-18(22)15-4-2-14(3-5-15)17(21)19-16-6-8-20(11-16)10-13-7-9-24-12-13/h2-5,7,9,12,16H,6,8,10-11H2,1H3,(H,19,21). The van der Waals surface area contributed by atoms with Gasteiger partial charge in [-0.1, -0.05) is 0 Å². The lowest BCUT2D eigenvalue weighted by Crippen LogP contribution is -2.36. The van der Waals surface area contributed by atoms with Crippen molar-refractivity contribution in [3.8, 4) is 0 Å². The molecule has 0 bridgehead atoms. The lowest BCUT2D eigenvalue weighted by Gasteiger charge is -2.16. The van der Waals surface area contributed by atoms with Gasteiger partial charge in [0.25, 0.3) is 5.91 Å². The first-order valence-corrected chi connectivity index (χ1v) is 8.82. The van der Waals surface area contributed by atoms with Gasteiger partial charge in [0, 0.05) is 31.2 Å². The lowest BCUT2D eigenvalue weighted by atomic mass is 10.1. The van der Waals surface area contributed by atoms with Gasteiger partial charge in [0.15, 0.2) is 0 Å². The Morgan fingerprint density at radius 3 is 2.67 bits per heavy atom. The van der Waals surface area contributed by atoms with Gasteiger partial charge in [0.2, 0.25) is 0 Å². The van der Waals surface area contributed by atoms with E-state index < -0.39 is 5.97 Å². The maximum absolute atomic E-state index is 12.3. The molecule has 5 nitrogen and oxygen atoms in total. The Bertz CT molecular complexity index is 698. The second kappa shape index (κ2) is 7.59. The molecule has 0 spiro atoms. The van der Waals surface area contributed by atoms with Gasteiger partial charge >= 0.3 is 5.97 Å². The van der Waals surface area contributed by atoms with E-state index in [9.17, 15) is 9.59 Å². The molecule has 2 heterocycles. The molecule has 1 saturated heterocycles. The molecule has 1 aromatic carbocycles. The minimum atomic E-state index is -0.401. The molecule has 1 atom stereocenters. The molecular formula is C18H20N2O3S. The molecule has 1 unspecified atom stereocenters. The smallest absolute Gasteiger partial charge is 0.337 e. The van der Waals surface area contributed by atoms with Gasteiger partial charge in [-0.25, -0.2) is 4.79 Å². The molecule has 1 fully saturated rings. The van der Waals surface area contributed by atoms with Crippen molar-refractivity contribution in [1.29, 1.82) is 0 Å². The largest absolute Gasteiger partial charge is 0.465 e. The topological polar surface area (TPSA) is 58.6 Å². The number of carbonyl (C=O) groups excluding carboxylic acids is 2. The number of nitrogens with one attached hydrogen (secondary N) is 1. The molecule has 2 aromatic rings. The zero-order chi connectivity index (χ0) is 16.9. The van der Waals surface area contributed by atoms with Gasteiger partial charge in [0.1, 0.15) is 0 Å². The molecule has 6 heteroatoms. The van der Waals surface area contributed by atoms with Gasteiger partial charge in [-0.2, -0.15) is 11.3 Å². The van der Waals surface area contributed by atoms with Crippen LogP contribution in [-0.4, -0.2) is 43.0 Å². The molecule has 126 valence electrons. The van der Waals surface area contributed by atoms with E-state index in [0.29, 0.717) is 11.1 Å². The van der Waals surface area contributed by atoms with Gasteiger partial charge in [-0.05, 0) is 53.1 Å². The van der Waals surface area contributed by atoms with Crippen molar-refractivity contribution in [1.82, 2.24) is 10.2 Å². The summed E-state index contributed by atoms with van der Waals surface area (Å²) in [4.78, 5) is 26.1. The summed E-state index contributed by atoms with van der Waals surface area (Å²) in [6, 6.07) is 8.83. The van der Waals surface area contributed by atoms with Gasteiger partial charge < -0.3 is 10.1 Å². The molecule has 1 amide bonds. The summed E-state index contributed by atoms with van der Waals surface area (Å²) in [5, 5.41) is 7.32. The molecule has 1 aromatic heterocycles. The van der Waals surface area contributed by atoms with E-state index in [0.717, 1.165) is 26.1 Å². The monoisotopic (exact) mass is 344 g/mol. The van der Waals surface area contributed by atoms with Crippen LogP contribution in [0, 0.1) is 0 Å². The first-order chi connectivity index (χ1) is 11.7. The van der Waals surface area contributed by atoms with Crippen LogP contribution in [0.5, 0.6) is 0 Å². The number of ether oxygens (including phenoxy) is 1. The number of nitrogens with zero attached hydrogens (tertiary/aromatic N) is 1. The van der Waals surface area contributed by atoms with Crippen LogP contribution in [0.4, 0.5) is 0 Å².